The molecule has 0 aliphatic carbocycles. The average molecular weight is 366 g/mol. The quantitative estimate of drug-likeness (QED) is 0.784. The number of nitrogens with two attached hydrogens (primary N) is 1. The number of unbranched alkanes of at least 4 members (excludes halogenated alkanes) is 1. The molecule has 2 amide bonds. The maximum Gasteiger partial charge on any atom is 0.255 e. The molecule has 0 aliphatic heterocycles. The van der Waals surface area contributed by atoms with Gasteiger partial charge in [0.2, 0.25) is 5.91 Å². The Morgan fingerprint density at radius 3 is 2.71 bits per heavy atom. The summed E-state index contributed by atoms with van der Waals surface area (Å²) >= 11 is 3.68. The molecule has 0 unspecified atom stereocenters. The zero-order valence-electron chi connectivity index (χ0n) is 9.61. The molecule has 2 N–H and O–H groups in total. The van der Waals surface area contributed by atoms with Gasteiger partial charge in [-0.25, -0.2) is 0 Å². The van der Waals surface area contributed by atoms with Gasteiger partial charge in [-0.05, 0) is 35.1 Å². The summed E-state index contributed by atoms with van der Waals surface area (Å²) in [5.74, 6) is -0.587. The average Bonchev–Trinajstić information content (AvgIpc) is 2.69. The first-order valence-corrected chi connectivity index (χ1v) is 7.32. The Hall–Kier alpha value is -0.630. The highest BCUT2D eigenvalue weighted by atomic mass is 127. The van der Waals surface area contributed by atoms with Crippen LogP contribution in [0.25, 0.3) is 0 Å². The van der Waals surface area contributed by atoms with Crippen molar-refractivity contribution in [3.05, 3.63) is 19.9 Å². The van der Waals surface area contributed by atoms with Crippen LogP contribution >= 0.6 is 33.9 Å². The standard InChI is InChI=1S/C11H15IN2O2S/c1-2-3-4-14(6-10(13)15)11(16)8-5-9(12)17-7-8/h5,7H,2-4,6H2,1H3,(H2,13,15). The Balaban J connectivity index is 2.74. The van der Waals surface area contributed by atoms with Crippen molar-refractivity contribution in [1.29, 1.82) is 0 Å². The third-order valence-corrected chi connectivity index (χ3v) is 4.02. The molecule has 0 aromatic carbocycles. The Morgan fingerprint density at radius 2 is 2.24 bits per heavy atom. The third kappa shape index (κ3) is 4.63. The maximum absolute atomic E-state index is 12.1. The van der Waals surface area contributed by atoms with Crippen LogP contribution in [0.2, 0.25) is 0 Å². The van der Waals surface area contributed by atoms with E-state index in [1.54, 1.807) is 0 Å². The van der Waals surface area contributed by atoms with Gasteiger partial charge in [0, 0.05) is 11.9 Å². The summed E-state index contributed by atoms with van der Waals surface area (Å²) in [6, 6.07) is 1.83. The lowest BCUT2D eigenvalue weighted by Crippen LogP contribution is -2.38. The second-order valence-corrected chi connectivity index (χ2v) is 6.49. The van der Waals surface area contributed by atoms with Gasteiger partial charge in [-0.15, -0.1) is 11.3 Å². The van der Waals surface area contributed by atoms with Crippen LogP contribution in [0, 0.1) is 2.88 Å². The molecule has 1 aromatic heterocycles. The molecule has 4 nitrogen and oxygen atoms in total. The molecule has 0 atom stereocenters. The minimum atomic E-state index is -0.473. The van der Waals surface area contributed by atoms with Gasteiger partial charge in [0.15, 0.2) is 0 Å². The van der Waals surface area contributed by atoms with Crippen molar-refractivity contribution in [2.45, 2.75) is 19.8 Å². The summed E-state index contributed by atoms with van der Waals surface area (Å²) < 4.78 is 1.06. The minimum absolute atomic E-state index is 0.00867. The molecule has 94 valence electrons. The zero-order chi connectivity index (χ0) is 12.8. The van der Waals surface area contributed by atoms with E-state index < -0.39 is 5.91 Å². The van der Waals surface area contributed by atoms with Crippen molar-refractivity contribution in [1.82, 2.24) is 4.90 Å². The monoisotopic (exact) mass is 366 g/mol. The highest BCUT2D eigenvalue weighted by molar-refractivity contribution is 14.1. The maximum atomic E-state index is 12.1. The van der Waals surface area contributed by atoms with Crippen molar-refractivity contribution in [3.63, 3.8) is 0 Å². The first-order chi connectivity index (χ1) is 8.04. The fourth-order valence-corrected chi connectivity index (χ4v) is 2.71. The molecule has 0 aliphatic rings. The molecule has 0 saturated carbocycles. The first-order valence-electron chi connectivity index (χ1n) is 5.36. The largest absolute Gasteiger partial charge is 0.368 e. The van der Waals surface area contributed by atoms with Crippen molar-refractivity contribution in [3.8, 4) is 0 Å². The number of rotatable bonds is 6. The van der Waals surface area contributed by atoms with Crippen LogP contribution in [0.4, 0.5) is 0 Å². The van der Waals surface area contributed by atoms with Gasteiger partial charge in [-0.1, -0.05) is 13.3 Å². The van der Waals surface area contributed by atoms with Gasteiger partial charge >= 0.3 is 0 Å². The molecule has 1 heterocycles. The molecule has 0 radical (unpaired) electrons. The number of carbonyl (C=O) groups excluding carboxylic acids is 2. The zero-order valence-corrected chi connectivity index (χ0v) is 12.6. The Labute approximate surface area is 118 Å². The molecule has 0 spiro atoms. The van der Waals surface area contributed by atoms with E-state index in [1.807, 2.05) is 18.4 Å². The molecule has 1 rings (SSSR count). The highest BCUT2D eigenvalue weighted by Crippen LogP contribution is 2.18. The summed E-state index contributed by atoms with van der Waals surface area (Å²) in [7, 11) is 0. The van der Waals surface area contributed by atoms with Gasteiger partial charge < -0.3 is 10.6 Å². The molecule has 17 heavy (non-hydrogen) atoms. The first kappa shape index (κ1) is 14.4. The number of hydrogen-bond acceptors (Lipinski definition) is 3. The lowest BCUT2D eigenvalue weighted by Gasteiger charge is -2.20. The predicted octanol–water partition coefficient (Wildman–Crippen LogP) is 2.08. The Morgan fingerprint density at radius 1 is 1.53 bits per heavy atom. The molecule has 1 aromatic rings. The van der Waals surface area contributed by atoms with Gasteiger partial charge in [0.1, 0.15) is 0 Å². The van der Waals surface area contributed by atoms with E-state index in [0.717, 1.165) is 15.7 Å². The summed E-state index contributed by atoms with van der Waals surface area (Å²) in [5, 5.41) is 1.81. The fourth-order valence-electron chi connectivity index (χ4n) is 1.39. The SMILES string of the molecule is CCCCN(CC(N)=O)C(=O)c1csc(I)c1. The highest BCUT2D eigenvalue weighted by Gasteiger charge is 2.18. The predicted molar refractivity (Wildman–Crippen MR) is 77.0 cm³/mol. The van der Waals surface area contributed by atoms with Crippen LogP contribution in [0.5, 0.6) is 0 Å². The third-order valence-electron chi connectivity index (χ3n) is 2.23. The second kappa shape index (κ2) is 6.95. The Kier molecular flexibility index (Phi) is 5.90. The van der Waals surface area contributed by atoms with Crippen LogP contribution in [-0.2, 0) is 4.79 Å². The number of halogens is 1. The van der Waals surface area contributed by atoms with E-state index in [1.165, 1.54) is 16.2 Å². The van der Waals surface area contributed by atoms with Crippen LogP contribution in [0.1, 0.15) is 30.1 Å². The summed E-state index contributed by atoms with van der Waals surface area (Å²) in [4.78, 5) is 24.6. The number of hydrogen-bond donors (Lipinski definition) is 1. The number of primary amides is 1. The smallest absolute Gasteiger partial charge is 0.255 e. The second-order valence-electron chi connectivity index (χ2n) is 3.69. The summed E-state index contributed by atoms with van der Waals surface area (Å²) in [6.07, 6.45) is 1.85. The molecular formula is C11H15IN2O2S. The van der Waals surface area contributed by atoms with E-state index in [9.17, 15) is 9.59 Å². The Bertz CT molecular complexity index is 406. The number of thiophene rings is 1. The van der Waals surface area contributed by atoms with Crippen LogP contribution < -0.4 is 5.73 Å². The van der Waals surface area contributed by atoms with E-state index in [0.29, 0.717) is 12.1 Å². The lowest BCUT2D eigenvalue weighted by atomic mass is 10.2. The van der Waals surface area contributed by atoms with E-state index in [4.69, 9.17) is 5.73 Å². The van der Waals surface area contributed by atoms with Gasteiger partial charge in [-0.3, -0.25) is 9.59 Å². The number of carbonyl (C=O) groups is 2. The molecule has 0 bridgehead atoms. The van der Waals surface area contributed by atoms with Crippen molar-refractivity contribution >= 4 is 45.7 Å². The molecular weight excluding hydrogens is 351 g/mol. The van der Waals surface area contributed by atoms with Gasteiger partial charge in [0.25, 0.3) is 5.91 Å². The molecule has 0 fully saturated rings. The summed E-state index contributed by atoms with van der Waals surface area (Å²) in [5.41, 5.74) is 5.79. The lowest BCUT2D eigenvalue weighted by molar-refractivity contribution is -0.118. The van der Waals surface area contributed by atoms with Crippen LogP contribution in [0.15, 0.2) is 11.4 Å². The molecule has 0 saturated heterocycles. The van der Waals surface area contributed by atoms with Crippen LogP contribution in [-0.4, -0.2) is 29.8 Å². The minimum Gasteiger partial charge on any atom is -0.368 e. The van der Waals surface area contributed by atoms with E-state index in [-0.39, 0.29) is 12.5 Å². The topological polar surface area (TPSA) is 63.4 Å². The fraction of sp³-hybridized carbons (Fsp3) is 0.455. The van der Waals surface area contributed by atoms with Crippen molar-refractivity contribution < 1.29 is 9.59 Å². The number of nitrogens with zero attached hydrogens (tertiary/aromatic N) is 1. The van der Waals surface area contributed by atoms with Crippen LogP contribution in [0.3, 0.4) is 0 Å². The van der Waals surface area contributed by atoms with E-state index >= 15 is 0 Å². The van der Waals surface area contributed by atoms with Crippen molar-refractivity contribution in [2.24, 2.45) is 5.73 Å². The van der Waals surface area contributed by atoms with Gasteiger partial charge in [0.05, 0.1) is 15.0 Å². The van der Waals surface area contributed by atoms with Gasteiger partial charge in [-0.2, -0.15) is 0 Å². The van der Waals surface area contributed by atoms with Crippen molar-refractivity contribution in [2.75, 3.05) is 13.1 Å². The normalized spacial score (nSPS) is 10.2. The summed E-state index contributed by atoms with van der Waals surface area (Å²) in [6.45, 7) is 2.61. The van der Waals surface area contributed by atoms with E-state index in [2.05, 4.69) is 22.6 Å². The number of amides is 2. The molecule has 6 heteroatoms.